The molecule has 0 aliphatic carbocycles. The first-order chi connectivity index (χ1) is 10.7. The van der Waals surface area contributed by atoms with E-state index in [4.69, 9.17) is 16.9 Å². The van der Waals surface area contributed by atoms with Gasteiger partial charge in [-0.05, 0) is 24.7 Å². The molecule has 112 valence electrons. The third-order valence-electron chi connectivity index (χ3n) is 3.95. The summed E-state index contributed by atoms with van der Waals surface area (Å²) in [7, 11) is 2.10. The van der Waals surface area contributed by atoms with Crippen LogP contribution in [0, 0.1) is 11.3 Å². The van der Waals surface area contributed by atoms with Crippen LogP contribution >= 0.6 is 11.6 Å². The minimum absolute atomic E-state index is 0.178. The molecule has 0 bridgehead atoms. The van der Waals surface area contributed by atoms with Crippen LogP contribution in [0.25, 0.3) is 0 Å². The molecule has 0 N–H and O–H groups in total. The number of aromatic nitrogens is 2. The molecule has 1 aromatic carbocycles. The first kappa shape index (κ1) is 14.8. The molecule has 2 aromatic rings. The van der Waals surface area contributed by atoms with Crippen molar-refractivity contribution in [1.29, 1.82) is 5.26 Å². The van der Waals surface area contributed by atoms with Crippen LogP contribution in [0.15, 0.2) is 36.5 Å². The molecule has 0 spiro atoms. The van der Waals surface area contributed by atoms with Crippen molar-refractivity contribution in [2.45, 2.75) is 6.04 Å². The SMILES string of the molecule is CN1CCN(c2nccc(C#N)n2)CC1c1ccccc1Cl. The van der Waals surface area contributed by atoms with Gasteiger partial charge in [0, 0.05) is 30.9 Å². The number of benzene rings is 1. The highest BCUT2D eigenvalue weighted by Gasteiger charge is 2.28. The fraction of sp³-hybridized carbons (Fsp3) is 0.312. The summed E-state index contributed by atoms with van der Waals surface area (Å²) in [5.74, 6) is 0.601. The highest BCUT2D eigenvalue weighted by atomic mass is 35.5. The van der Waals surface area contributed by atoms with Gasteiger partial charge in [-0.1, -0.05) is 29.8 Å². The Labute approximate surface area is 134 Å². The van der Waals surface area contributed by atoms with E-state index in [1.807, 2.05) is 18.2 Å². The van der Waals surface area contributed by atoms with E-state index in [0.29, 0.717) is 11.6 Å². The lowest BCUT2D eigenvalue weighted by molar-refractivity contribution is 0.220. The minimum atomic E-state index is 0.178. The molecule has 0 saturated carbocycles. The summed E-state index contributed by atoms with van der Waals surface area (Å²) in [6, 6.07) is 11.8. The van der Waals surface area contributed by atoms with E-state index in [0.717, 1.165) is 30.2 Å². The number of likely N-dealkylation sites (N-methyl/N-ethyl adjacent to an activating group) is 1. The Balaban J connectivity index is 1.88. The van der Waals surface area contributed by atoms with Gasteiger partial charge in [0.1, 0.15) is 11.8 Å². The van der Waals surface area contributed by atoms with Gasteiger partial charge in [-0.2, -0.15) is 5.26 Å². The Hall–Kier alpha value is -2.16. The third kappa shape index (κ3) is 2.89. The smallest absolute Gasteiger partial charge is 0.226 e. The van der Waals surface area contributed by atoms with E-state index in [1.54, 1.807) is 12.3 Å². The molecular formula is C16H16ClN5. The lowest BCUT2D eigenvalue weighted by Crippen LogP contribution is -2.47. The standard InChI is InChI=1S/C16H16ClN5/c1-21-8-9-22(16-19-7-6-12(10-18)20-16)11-15(21)13-4-2-3-5-14(13)17/h2-7,15H,8-9,11H2,1H3. The number of piperazine rings is 1. The molecule has 1 saturated heterocycles. The maximum absolute atomic E-state index is 8.98. The lowest BCUT2D eigenvalue weighted by Gasteiger charge is -2.40. The molecule has 0 radical (unpaired) electrons. The van der Waals surface area contributed by atoms with Crippen LogP contribution in [-0.2, 0) is 0 Å². The highest BCUT2D eigenvalue weighted by Crippen LogP contribution is 2.30. The maximum atomic E-state index is 8.98. The summed E-state index contributed by atoms with van der Waals surface area (Å²) < 4.78 is 0. The first-order valence-corrected chi connectivity index (χ1v) is 7.49. The van der Waals surface area contributed by atoms with Crippen LogP contribution in [0.5, 0.6) is 0 Å². The average molecular weight is 314 g/mol. The van der Waals surface area contributed by atoms with Crippen molar-refractivity contribution < 1.29 is 0 Å². The molecule has 1 fully saturated rings. The van der Waals surface area contributed by atoms with E-state index in [-0.39, 0.29) is 6.04 Å². The van der Waals surface area contributed by atoms with Gasteiger partial charge in [0.25, 0.3) is 0 Å². The molecule has 5 nitrogen and oxygen atoms in total. The van der Waals surface area contributed by atoms with Gasteiger partial charge in [-0.25, -0.2) is 9.97 Å². The van der Waals surface area contributed by atoms with E-state index in [9.17, 15) is 0 Å². The highest BCUT2D eigenvalue weighted by molar-refractivity contribution is 6.31. The number of halogens is 1. The summed E-state index contributed by atoms with van der Waals surface area (Å²) in [5.41, 5.74) is 1.49. The normalized spacial score (nSPS) is 19.0. The quantitative estimate of drug-likeness (QED) is 0.852. The van der Waals surface area contributed by atoms with Crippen molar-refractivity contribution in [3.8, 4) is 6.07 Å². The average Bonchev–Trinajstić information content (AvgIpc) is 2.56. The zero-order chi connectivity index (χ0) is 15.5. The van der Waals surface area contributed by atoms with Crippen LogP contribution in [0.3, 0.4) is 0 Å². The van der Waals surface area contributed by atoms with Crippen LogP contribution in [-0.4, -0.2) is 41.5 Å². The van der Waals surface area contributed by atoms with Gasteiger partial charge in [0.05, 0.1) is 6.04 Å². The Morgan fingerprint density at radius 2 is 2.09 bits per heavy atom. The zero-order valence-corrected chi connectivity index (χ0v) is 13.0. The van der Waals surface area contributed by atoms with Crippen LogP contribution < -0.4 is 4.90 Å². The summed E-state index contributed by atoms with van der Waals surface area (Å²) in [6.45, 7) is 2.46. The molecule has 1 atom stereocenters. The predicted molar refractivity (Wildman–Crippen MR) is 85.8 cm³/mol. The Bertz CT molecular complexity index is 712. The van der Waals surface area contributed by atoms with Gasteiger partial charge in [-0.3, -0.25) is 4.90 Å². The number of nitrogens with zero attached hydrogens (tertiary/aromatic N) is 5. The largest absolute Gasteiger partial charge is 0.338 e. The van der Waals surface area contributed by atoms with Gasteiger partial charge < -0.3 is 4.90 Å². The topological polar surface area (TPSA) is 56.0 Å². The van der Waals surface area contributed by atoms with Crippen molar-refractivity contribution >= 4 is 17.5 Å². The zero-order valence-electron chi connectivity index (χ0n) is 12.3. The summed E-state index contributed by atoms with van der Waals surface area (Å²) in [6.07, 6.45) is 1.63. The van der Waals surface area contributed by atoms with E-state index in [2.05, 4.69) is 39.0 Å². The molecular weight excluding hydrogens is 298 g/mol. The Kier molecular flexibility index (Phi) is 4.23. The van der Waals surface area contributed by atoms with Gasteiger partial charge in [0.15, 0.2) is 0 Å². The predicted octanol–water partition coefficient (Wildman–Crippen LogP) is 2.49. The Morgan fingerprint density at radius 3 is 2.86 bits per heavy atom. The summed E-state index contributed by atoms with van der Waals surface area (Å²) >= 11 is 6.34. The molecule has 6 heteroatoms. The number of rotatable bonds is 2. The van der Waals surface area contributed by atoms with Crippen molar-refractivity contribution in [2.24, 2.45) is 0 Å². The number of nitriles is 1. The number of hydrogen-bond acceptors (Lipinski definition) is 5. The van der Waals surface area contributed by atoms with E-state index in [1.165, 1.54) is 0 Å². The third-order valence-corrected chi connectivity index (χ3v) is 4.30. The van der Waals surface area contributed by atoms with Crippen molar-refractivity contribution in [3.05, 3.63) is 52.8 Å². The number of anilines is 1. The van der Waals surface area contributed by atoms with Crippen LogP contribution in [0.2, 0.25) is 5.02 Å². The van der Waals surface area contributed by atoms with E-state index < -0.39 is 0 Å². The second-order valence-electron chi connectivity index (χ2n) is 5.32. The van der Waals surface area contributed by atoms with Crippen molar-refractivity contribution in [2.75, 3.05) is 31.6 Å². The molecule has 3 rings (SSSR count). The fourth-order valence-corrected chi connectivity index (χ4v) is 2.96. The van der Waals surface area contributed by atoms with E-state index >= 15 is 0 Å². The van der Waals surface area contributed by atoms with Crippen molar-refractivity contribution in [1.82, 2.24) is 14.9 Å². The maximum Gasteiger partial charge on any atom is 0.226 e. The first-order valence-electron chi connectivity index (χ1n) is 7.12. The molecule has 22 heavy (non-hydrogen) atoms. The molecule has 1 aliphatic rings. The monoisotopic (exact) mass is 313 g/mol. The summed E-state index contributed by atoms with van der Waals surface area (Å²) in [4.78, 5) is 13.0. The summed E-state index contributed by atoms with van der Waals surface area (Å²) in [5, 5.41) is 9.76. The second-order valence-corrected chi connectivity index (χ2v) is 5.72. The van der Waals surface area contributed by atoms with Crippen LogP contribution in [0.1, 0.15) is 17.3 Å². The van der Waals surface area contributed by atoms with Gasteiger partial charge in [0.2, 0.25) is 5.95 Å². The fourth-order valence-electron chi connectivity index (χ4n) is 2.70. The minimum Gasteiger partial charge on any atom is -0.338 e. The van der Waals surface area contributed by atoms with Crippen molar-refractivity contribution in [3.63, 3.8) is 0 Å². The van der Waals surface area contributed by atoms with Crippen LogP contribution in [0.4, 0.5) is 5.95 Å². The lowest BCUT2D eigenvalue weighted by atomic mass is 10.0. The Morgan fingerprint density at radius 1 is 1.27 bits per heavy atom. The molecule has 1 unspecified atom stereocenters. The number of hydrogen-bond donors (Lipinski definition) is 0. The molecule has 2 heterocycles. The molecule has 0 amide bonds. The second kappa shape index (κ2) is 6.30. The van der Waals surface area contributed by atoms with Gasteiger partial charge in [-0.15, -0.1) is 0 Å². The molecule has 1 aromatic heterocycles. The molecule has 1 aliphatic heterocycles. The van der Waals surface area contributed by atoms with Gasteiger partial charge >= 0.3 is 0 Å².